The maximum atomic E-state index is 13.1. The Morgan fingerprint density at radius 1 is 1.38 bits per heavy atom. The van der Waals surface area contributed by atoms with Gasteiger partial charge < -0.3 is 5.41 Å². The average molecular weight is 388 g/mol. The van der Waals surface area contributed by atoms with E-state index in [0.717, 1.165) is 12.8 Å². The normalized spacial score (nSPS) is 20.3. The fraction of sp³-hybridized carbons (Fsp3) is 0.632. The molecule has 146 valence electrons. The molecule has 1 rings (SSSR count). The molecular formula is C19H27F3N2OS. The molecule has 0 spiro atoms. The lowest BCUT2D eigenvalue weighted by Gasteiger charge is -2.20. The molecule has 1 atom stereocenters. The van der Waals surface area contributed by atoms with Crippen molar-refractivity contribution in [2.75, 3.05) is 5.75 Å². The van der Waals surface area contributed by atoms with Crippen LogP contribution in [0.5, 0.6) is 0 Å². The van der Waals surface area contributed by atoms with E-state index in [2.05, 4.69) is 18.8 Å². The Balaban J connectivity index is 3.09. The molecule has 0 fully saturated rings. The summed E-state index contributed by atoms with van der Waals surface area (Å²) < 4.78 is 39.3. The molecule has 3 nitrogen and oxygen atoms in total. The first-order valence-corrected chi connectivity index (χ1v) is 9.93. The largest absolute Gasteiger partial charge is 0.433 e. The molecule has 1 aliphatic heterocycles. The number of aliphatic imine (C=N–C) groups is 1. The van der Waals surface area contributed by atoms with Crippen molar-refractivity contribution >= 4 is 28.8 Å². The van der Waals surface area contributed by atoms with Gasteiger partial charge in [0.15, 0.2) is 5.78 Å². The Kier molecular flexibility index (Phi) is 9.33. The minimum Gasteiger partial charge on any atom is -0.313 e. The lowest BCUT2D eigenvalue weighted by molar-refractivity contribution is -0.116. The van der Waals surface area contributed by atoms with Crippen LogP contribution in [-0.4, -0.2) is 29.0 Å². The molecule has 0 saturated carbocycles. The number of allylic oxidation sites excluding steroid dienone is 3. The zero-order chi connectivity index (χ0) is 19.7. The number of alkyl halides is 3. The number of rotatable bonds is 7. The van der Waals surface area contributed by atoms with Crippen LogP contribution in [-0.2, 0) is 4.79 Å². The average Bonchev–Trinajstić information content (AvgIpc) is 2.56. The van der Waals surface area contributed by atoms with E-state index in [-0.39, 0.29) is 6.42 Å². The summed E-state index contributed by atoms with van der Waals surface area (Å²) in [6, 6.07) is 0. The lowest BCUT2D eigenvalue weighted by atomic mass is 9.92. The van der Waals surface area contributed by atoms with Crippen molar-refractivity contribution in [3.8, 4) is 0 Å². The predicted octanol–water partition coefficient (Wildman–Crippen LogP) is 6.11. The third-order valence-corrected chi connectivity index (χ3v) is 5.56. The number of carbonyl (C=O) groups excluding carboxylic acids is 1. The molecule has 0 amide bonds. The van der Waals surface area contributed by atoms with Gasteiger partial charge in [-0.15, -0.1) is 11.8 Å². The van der Waals surface area contributed by atoms with Crippen LogP contribution in [0.4, 0.5) is 13.2 Å². The molecule has 1 heterocycles. The second-order valence-electron chi connectivity index (χ2n) is 6.34. The van der Waals surface area contributed by atoms with Crippen LogP contribution in [0.25, 0.3) is 0 Å². The minimum atomic E-state index is -4.62. The molecule has 1 N–H and O–H groups in total. The van der Waals surface area contributed by atoms with E-state index in [1.807, 2.05) is 6.92 Å². The van der Waals surface area contributed by atoms with Gasteiger partial charge in [-0.1, -0.05) is 31.9 Å². The highest BCUT2D eigenvalue weighted by atomic mass is 32.2. The Bertz CT molecular complexity index is 606. The summed E-state index contributed by atoms with van der Waals surface area (Å²) in [6.07, 6.45) is 0.707. The van der Waals surface area contributed by atoms with Crippen molar-refractivity contribution in [1.82, 2.24) is 0 Å². The summed E-state index contributed by atoms with van der Waals surface area (Å²) in [4.78, 5) is 15.3. The molecule has 7 heteroatoms. The number of hydrogen-bond acceptors (Lipinski definition) is 4. The quantitative estimate of drug-likeness (QED) is 0.422. The predicted molar refractivity (Wildman–Crippen MR) is 103 cm³/mol. The fourth-order valence-electron chi connectivity index (χ4n) is 2.74. The maximum Gasteiger partial charge on any atom is 0.433 e. The molecule has 0 aromatic heterocycles. The Labute approximate surface area is 157 Å². The van der Waals surface area contributed by atoms with Gasteiger partial charge in [-0.2, -0.15) is 13.2 Å². The van der Waals surface area contributed by atoms with Gasteiger partial charge in [0.05, 0.1) is 5.04 Å². The first-order valence-electron chi connectivity index (χ1n) is 8.94. The van der Waals surface area contributed by atoms with Crippen LogP contribution in [0.1, 0.15) is 59.3 Å². The number of hydrogen-bond donors (Lipinski definition) is 1. The van der Waals surface area contributed by atoms with Crippen LogP contribution < -0.4 is 0 Å². The van der Waals surface area contributed by atoms with Crippen molar-refractivity contribution < 1.29 is 18.0 Å². The number of ketones is 1. The van der Waals surface area contributed by atoms with Gasteiger partial charge in [0.2, 0.25) is 0 Å². The number of halogens is 3. The van der Waals surface area contributed by atoms with Crippen molar-refractivity contribution in [3.05, 3.63) is 22.9 Å². The highest BCUT2D eigenvalue weighted by Crippen LogP contribution is 2.32. The van der Waals surface area contributed by atoms with Gasteiger partial charge >= 0.3 is 6.18 Å². The molecule has 1 unspecified atom stereocenters. The molecule has 0 aromatic rings. The molecular weight excluding hydrogens is 361 g/mol. The van der Waals surface area contributed by atoms with E-state index < -0.39 is 17.7 Å². The monoisotopic (exact) mass is 388 g/mol. The van der Waals surface area contributed by atoms with Gasteiger partial charge in [0.1, 0.15) is 5.70 Å². The van der Waals surface area contributed by atoms with Crippen LogP contribution >= 0.6 is 11.8 Å². The zero-order valence-electron chi connectivity index (χ0n) is 15.6. The van der Waals surface area contributed by atoms with E-state index in [0.29, 0.717) is 42.1 Å². The lowest BCUT2D eigenvalue weighted by Crippen LogP contribution is -2.16. The van der Waals surface area contributed by atoms with Gasteiger partial charge in [0, 0.05) is 24.7 Å². The minimum absolute atomic E-state index is 0.112. The smallest absolute Gasteiger partial charge is 0.313 e. The first kappa shape index (κ1) is 22.7. The highest BCUT2D eigenvalue weighted by Gasteiger charge is 2.35. The van der Waals surface area contributed by atoms with Crippen LogP contribution in [0.2, 0.25) is 0 Å². The second-order valence-corrected chi connectivity index (χ2v) is 7.39. The van der Waals surface area contributed by atoms with E-state index in [1.54, 1.807) is 0 Å². The summed E-state index contributed by atoms with van der Waals surface area (Å²) in [6.45, 7) is 6.22. The van der Waals surface area contributed by atoms with Crippen molar-refractivity contribution in [2.45, 2.75) is 65.5 Å². The molecule has 0 aliphatic carbocycles. The van der Waals surface area contributed by atoms with Crippen molar-refractivity contribution in [1.29, 1.82) is 5.41 Å². The Hall–Kier alpha value is -1.37. The second kappa shape index (κ2) is 10.7. The molecule has 1 aliphatic rings. The Morgan fingerprint density at radius 2 is 2.08 bits per heavy atom. The molecule has 0 radical (unpaired) electrons. The van der Waals surface area contributed by atoms with Crippen molar-refractivity contribution in [2.24, 2.45) is 10.9 Å². The third-order valence-electron chi connectivity index (χ3n) is 4.48. The van der Waals surface area contributed by atoms with Gasteiger partial charge in [-0.3, -0.25) is 4.79 Å². The molecule has 0 bridgehead atoms. The summed E-state index contributed by atoms with van der Waals surface area (Å²) in [5.41, 5.74) is 1.27. The standard InChI is InChI=1S/C19H27F3N2OS/c1-4-13(3)16(14(5-2)9-10-23)12-26-18-8-6-7-15(25)11-17(24-18)19(20,21)22/h10-11,13,23H,4-9,12H2,1-3H3/b16-14-,17-11-,23-10?,24-18?. The summed E-state index contributed by atoms with van der Waals surface area (Å²) in [7, 11) is 0. The van der Waals surface area contributed by atoms with E-state index in [9.17, 15) is 18.0 Å². The van der Waals surface area contributed by atoms with Gasteiger partial charge in [0.25, 0.3) is 0 Å². The van der Waals surface area contributed by atoms with Gasteiger partial charge in [-0.05, 0) is 37.8 Å². The number of nitrogens with one attached hydrogen (secondary N) is 1. The van der Waals surface area contributed by atoms with E-state index in [1.165, 1.54) is 29.1 Å². The first-order chi connectivity index (χ1) is 12.2. The van der Waals surface area contributed by atoms with E-state index in [4.69, 9.17) is 5.41 Å². The Morgan fingerprint density at radius 3 is 2.62 bits per heavy atom. The topological polar surface area (TPSA) is 53.3 Å². The number of carbonyl (C=O) groups is 1. The molecule has 0 saturated heterocycles. The van der Waals surface area contributed by atoms with Crippen LogP contribution in [0, 0.1) is 11.3 Å². The fourth-order valence-corrected chi connectivity index (χ4v) is 4.00. The summed E-state index contributed by atoms with van der Waals surface area (Å²) in [5.74, 6) is 0.361. The summed E-state index contributed by atoms with van der Waals surface area (Å²) >= 11 is 1.33. The van der Waals surface area contributed by atoms with Gasteiger partial charge in [-0.25, -0.2) is 4.99 Å². The van der Waals surface area contributed by atoms with E-state index >= 15 is 0 Å². The third kappa shape index (κ3) is 7.09. The maximum absolute atomic E-state index is 13.1. The zero-order valence-corrected chi connectivity index (χ0v) is 16.4. The number of thioether (sulfide) groups is 1. The summed E-state index contributed by atoms with van der Waals surface area (Å²) in [5, 5.41) is 7.79. The van der Waals surface area contributed by atoms with Crippen LogP contribution in [0.15, 0.2) is 27.9 Å². The molecule has 26 heavy (non-hydrogen) atoms. The van der Waals surface area contributed by atoms with Crippen molar-refractivity contribution in [3.63, 3.8) is 0 Å². The number of nitrogens with zero attached hydrogens (tertiary/aromatic N) is 1. The SMILES string of the molecule is CC/C(CC=N)=C(\CSC1=N/C(C(F)(F)F)=C\C(=O)CCC1)C(C)CC. The highest BCUT2D eigenvalue weighted by molar-refractivity contribution is 8.14. The molecule has 0 aromatic carbocycles. The van der Waals surface area contributed by atoms with Crippen LogP contribution in [0.3, 0.4) is 0 Å².